The molecular formula is C31H33N5O2. The molecule has 1 spiro atoms. The fraction of sp³-hybridized carbons (Fsp3) is 0.355. The minimum atomic E-state index is -0.503. The number of anilines is 2. The SMILES string of the molecule is COc1ccc2c(c1)C1(C[C@H]1c1ccc3c(-c4ccc(N5CCN(C(C)C)CC5)cc4)n[nH]c3c1)C(=O)N2. The molecule has 2 aliphatic heterocycles. The summed E-state index contributed by atoms with van der Waals surface area (Å²) in [6.07, 6.45) is 0.804. The van der Waals surface area contributed by atoms with Crippen LogP contribution in [0.15, 0.2) is 60.7 Å². The lowest BCUT2D eigenvalue weighted by atomic mass is 9.91. The van der Waals surface area contributed by atoms with E-state index in [1.54, 1.807) is 7.11 Å². The molecule has 2 fully saturated rings. The number of aromatic amines is 1. The number of piperazine rings is 1. The Morgan fingerprint density at radius 1 is 1.00 bits per heavy atom. The number of nitrogens with one attached hydrogen (secondary N) is 2. The molecule has 7 nitrogen and oxygen atoms in total. The van der Waals surface area contributed by atoms with Gasteiger partial charge in [-0.3, -0.25) is 14.8 Å². The average molecular weight is 508 g/mol. The van der Waals surface area contributed by atoms with Crippen LogP contribution in [0.4, 0.5) is 11.4 Å². The van der Waals surface area contributed by atoms with Gasteiger partial charge in [-0.1, -0.05) is 24.3 Å². The Morgan fingerprint density at radius 3 is 2.53 bits per heavy atom. The molecule has 1 amide bonds. The van der Waals surface area contributed by atoms with E-state index in [0.717, 1.165) is 77.3 Å². The molecule has 1 aromatic heterocycles. The Morgan fingerprint density at radius 2 is 1.79 bits per heavy atom. The third kappa shape index (κ3) is 3.52. The number of nitrogens with zero attached hydrogens (tertiary/aromatic N) is 3. The normalized spacial score (nSPS) is 22.8. The molecule has 1 aliphatic carbocycles. The van der Waals surface area contributed by atoms with Crippen LogP contribution in [-0.4, -0.2) is 60.3 Å². The number of hydrogen-bond acceptors (Lipinski definition) is 5. The van der Waals surface area contributed by atoms with E-state index < -0.39 is 5.41 Å². The van der Waals surface area contributed by atoms with E-state index in [4.69, 9.17) is 4.74 Å². The summed E-state index contributed by atoms with van der Waals surface area (Å²) in [7, 11) is 1.66. The van der Waals surface area contributed by atoms with E-state index in [1.165, 1.54) is 5.69 Å². The maximum atomic E-state index is 13.1. The summed E-state index contributed by atoms with van der Waals surface area (Å²) in [4.78, 5) is 18.1. The van der Waals surface area contributed by atoms with Crippen molar-refractivity contribution in [2.45, 2.75) is 37.6 Å². The number of carbonyl (C=O) groups excluding carboxylic acids is 1. The maximum Gasteiger partial charge on any atom is 0.235 e. The zero-order valence-electron chi connectivity index (χ0n) is 22.1. The van der Waals surface area contributed by atoms with Crippen molar-refractivity contribution in [3.05, 3.63) is 71.8 Å². The van der Waals surface area contributed by atoms with E-state index >= 15 is 0 Å². The molecule has 1 saturated heterocycles. The number of fused-ring (bicyclic) bond motifs is 3. The van der Waals surface area contributed by atoms with Gasteiger partial charge in [0.15, 0.2) is 0 Å². The highest BCUT2D eigenvalue weighted by Crippen LogP contribution is 2.65. The molecule has 7 heteroatoms. The third-order valence-electron chi connectivity index (χ3n) is 8.86. The lowest BCUT2D eigenvalue weighted by Gasteiger charge is -2.38. The molecular weight excluding hydrogens is 474 g/mol. The van der Waals surface area contributed by atoms with Crippen LogP contribution in [0.3, 0.4) is 0 Å². The van der Waals surface area contributed by atoms with Crippen LogP contribution in [0.1, 0.15) is 37.3 Å². The average Bonchev–Trinajstić information content (AvgIpc) is 3.47. The number of rotatable bonds is 5. The second-order valence-corrected chi connectivity index (χ2v) is 11.1. The van der Waals surface area contributed by atoms with Crippen LogP contribution in [0.25, 0.3) is 22.2 Å². The van der Waals surface area contributed by atoms with Gasteiger partial charge in [-0.25, -0.2) is 0 Å². The molecule has 3 heterocycles. The van der Waals surface area contributed by atoms with E-state index in [9.17, 15) is 4.79 Å². The first-order valence-corrected chi connectivity index (χ1v) is 13.6. The van der Waals surface area contributed by atoms with Crippen molar-refractivity contribution in [2.24, 2.45) is 0 Å². The Balaban J connectivity index is 1.12. The predicted octanol–water partition coefficient (Wildman–Crippen LogP) is 5.15. The van der Waals surface area contributed by atoms with Crippen LogP contribution < -0.4 is 15.0 Å². The van der Waals surface area contributed by atoms with Crippen LogP contribution in [0, 0.1) is 0 Å². The summed E-state index contributed by atoms with van der Waals surface area (Å²) >= 11 is 0. The van der Waals surface area contributed by atoms with Gasteiger partial charge in [-0.2, -0.15) is 5.10 Å². The molecule has 194 valence electrons. The van der Waals surface area contributed by atoms with E-state index in [2.05, 4.69) is 81.6 Å². The highest BCUT2D eigenvalue weighted by atomic mass is 16.5. The molecule has 7 rings (SSSR count). The largest absolute Gasteiger partial charge is 0.497 e. The predicted molar refractivity (Wildman–Crippen MR) is 151 cm³/mol. The number of methoxy groups -OCH3 is 1. The Bertz CT molecular complexity index is 1530. The topological polar surface area (TPSA) is 73.5 Å². The van der Waals surface area contributed by atoms with Crippen molar-refractivity contribution in [2.75, 3.05) is 43.5 Å². The Hall–Kier alpha value is -3.84. The van der Waals surface area contributed by atoms with Crippen molar-refractivity contribution in [1.82, 2.24) is 15.1 Å². The first-order valence-electron chi connectivity index (χ1n) is 13.6. The molecule has 1 unspecified atom stereocenters. The summed E-state index contributed by atoms with van der Waals surface area (Å²) < 4.78 is 5.44. The van der Waals surface area contributed by atoms with Crippen molar-refractivity contribution < 1.29 is 9.53 Å². The zero-order valence-corrected chi connectivity index (χ0v) is 22.1. The highest BCUT2D eigenvalue weighted by molar-refractivity contribution is 6.10. The third-order valence-corrected chi connectivity index (χ3v) is 8.86. The summed E-state index contributed by atoms with van der Waals surface area (Å²) in [5, 5.41) is 12.1. The van der Waals surface area contributed by atoms with Gasteiger partial charge in [0.1, 0.15) is 5.75 Å². The van der Waals surface area contributed by atoms with Crippen molar-refractivity contribution in [1.29, 1.82) is 0 Å². The van der Waals surface area contributed by atoms with Crippen LogP contribution in [-0.2, 0) is 10.2 Å². The fourth-order valence-electron chi connectivity index (χ4n) is 6.50. The first kappa shape index (κ1) is 23.3. The van der Waals surface area contributed by atoms with E-state index in [-0.39, 0.29) is 11.8 Å². The molecule has 38 heavy (non-hydrogen) atoms. The van der Waals surface area contributed by atoms with Gasteiger partial charge in [-0.15, -0.1) is 0 Å². The number of benzene rings is 3. The fourth-order valence-corrected chi connectivity index (χ4v) is 6.50. The van der Waals surface area contributed by atoms with Crippen LogP contribution in [0.5, 0.6) is 5.75 Å². The van der Waals surface area contributed by atoms with Gasteiger partial charge >= 0.3 is 0 Å². The number of aromatic nitrogens is 2. The van der Waals surface area contributed by atoms with Gasteiger partial charge in [0.2, 0.25) is 5.91 Å². The monoisotopic (exact) mass is 507 g/mol. The van der Waals surface area contributed by atoms with Gasteiger partial charge in [-0.05, 0) is 67.8 Å². The Kier molecular flexibility index (Phi) is 5.27. The van der Waals surface area contributed by atoms with Gasteiger partial charge in [0.25, 0.3) is 0 Å². The standard InChI is InChI=1S/C31H33N5O2/c1-19(2)35-12-14-36(15-13-35)22-7-4-20(5-8-22)29-24-10-6-21(16-28(24)33-34-29)26-18-31(26)25-17-23(38-3)9-11-27(25)32-30(31)37/h4-11,16-17,19,26H,12-15,18H2,1-3H3,(H,32,37)(H,33,34)/t26-,31?/m0/s1. The minimum Gasteiger partial charge on any atom is -0.497 e. The molecule has 3 aromatic carbocycles. The molecule has 3 aliphatic rings. The van der Waals surface area contributed by atoms with Crippen molar-refractivity contribution in [3.8, 4) is 17.0 Å². The quantitative estimate of drug-likeness (QED) is 0.391. The van der Waals surface area contributed by atoms with Crippen LogP contribution >= 0.6 is 0 Å². The lowest BCUT2D eigenvalue weighted by molar-refractivity contribution is -0.118. The second-order valence-electron chi connectivity index (χ2n) is 11.1. The van der Waals surface area contributed by atoms with E-state index in [1.807, 2.05) is 18.2 Å². The molecule has 0 radical (unpaired) electrons. The molecule has 1 saturated carbocycles. The van der Waals surface area contributed by atoms with Crippen LogP contribution in [0.2, 0.25) is 0 Å². The number of amides is 1. The molecule has 2 atom stereocenters. The summed E-state index contributed by atoms with van der Waals surface area (Å²) in [6.45, 7) is 8.87. The van der Waals surface area contributed by atoms with Crippen molar-refractivity contribution >= 4 is 28.2 Å². The molecule has 2 N–H and O–H groups in total. The second kappa shape index (κ2) is 8.60. The molecule has 4 aromatic rings. The number of H-pyrrole nitrogens is 1. The molecule has 0 bridgehead atoms. The minimum absolute atomic E-state index is 0.0851. The van der Waals surface area contributed by atoms with Gasteiger partial charge in [0, 0.05) is 60.5 Å². The number of carbonyl (C=O) groups is 1. The maximum absolute atomic E-state index is 13.1. The van der Waals surface area contributed by atoms with E-state index in [0.29, 0.717) is 6.04 Å². The van der Waals surface area contributed by atoms with Gasteiger partial charge < -0.3 is 15.0 Å². The smallest absolute Gasteiger partial charge is 0.235 e. The number of hydrogen-bond donors (Lipinski definition) is 2. The zero-order chi connectivity index (χ0) is 26.0. The number of ether oxygens (including phenoxy) is 1. The first-order chi connectivity index (χ1) is 18.5. The highest BCUT2D eigenvalue weighted by Gasteiger charge is 2.65. The summed E-state index contributed by atoms with van der Waals surface area (Å²) in [5.41, 5.74) is 6.93. The summed E-state index contributed by atoms with van der Waals surface area (Å²) in [6, 6.07) is 21.7. The summed E-state index contributed by atoms with van der Waals surface area (Å²) in [5.74, 6) is 1.01. The van der Waals surface area contributed by atoms with Gasteiger partial charge in [0.05, 0.1) is 23.7 Å². The lowest BCUT2D eigenvalue weighted by Crippen LogP contribution is -2.48. The Labute approximate surface area is 222 Å². The van der Waals surface area contributed by atoms with Crippen molar-refractivity contribution in [3.63, 3.8) is 0 Å².